The molecule has 3 nitrogen and oxygen atoms in total. The van der Waals surface area contributed by atoms with Crippen LogP contribution < -0.4 is 0 Å². The third-order valence-corrected chi connectivity index (χ3v) is 4.64. The molecule has 0 atom stereocenters. The summed E-state index contributed by atoms with van der Waals surface area (Å²) in [5.41, 5.74) is 1.58. The highest BCUT2D eigenvalue weighted by molar-refractivity contribution is 7.99. The summed E-state index contributed by atoms with van der Waals surface area (Å²) < 4.78 is 1.95. The molecule has 3 rings (SSSR count). The lowest BCUT2D eigenvalue weighted by molar-refractivity contribution is 0.0992. The Balaban J connectivity index is 1.73. The molecule has 0 amide bonds. The standard InChI is InChI=1S/C15H14N2OS2/c1-2-19-13-5-3-11(4-6-13)14(18)9-12-10-17-7-8-20-15(17)16-12/h3-8,10H,2,9H2,1H3. The largest absolute Gasteiger partial charge is 0.297 e. The first-order valence-corrected chi connectivity index (χ1v) is 8.30. The quantitative estimate of drug-likeness (QED) is 0.529. The Hall–Kier alpha value is -1.59. The number of Topliss-reactive ketones (excluding diaryl/α,β-unsaturated/α-hetero) is 1. The number of fused-ring (bicyclic) bond motifs is 1. The van der Waals surface area contributed by atoms with Crippen LogP contribution in [-0.2, 0) is 6.42 Å². The van der Waals surface area contributed by atoms with Gasteiger partial charge in [-0.05, 0) is 17.9 Å². The Bertz CT molecular complexity index is 699. The molecule has 2 aromatic heterocycles. The van der Waals surface area contributed by atoms with Crippen LogP contribution in [0.2, 0.25) is 0 Å². The monoisotopic (exact) mass is 302 g/mol. The second-order valence-electron chi connectivity index (χ2n) is 4.38. The van der Waals surface area contributed by atoms with Crippen molar-refractivity contribution < 1.29 is 4.79 Å². The van der Waals surface area contributed by atoms with Gasteiger partial charge in [-0.25, -0.2) is 4.98 Å². The van der Waals surface area contributed by atoms with Gasteiger partial charge >= 0.3 is 0 Å². The summed E-state index contributed by atoms with van der Waals surface area (Å²) in [6, 6.07) is 7.82. The minimum absolute atomic E-state index is 0.115. The van der Waals surface area contributed by atoms with E-state index < -0.39 is 0 Å². The van der Waals surface area contributed by atoms with E-state index in [9.17, 15) is 4.79 Å². The molecular weight excluding hydrogens is 288 g/mol. The molecule has 3 aromatic rings. The number of hydrogen-bond acceptors (Lipinski definition) is 4. The van der Waals surface area contributed by atoms with Crippen LogP contribution in [0.25, 0.3) is 4.96 Å². The van der Waals surface area contributed by atoms with E-state index in [4.69, 9.17) is 0 Å². The summed E-state index contributed by atoms with van der Waals surface area (Å²) in [5.74, 6) is 1.15. The topological polar surface area (TPSA) is 34.4 Å². The molecule has 0 radical (unpaired) electrons. The minimum Gasteiger partial charge on any atom is -0.297 e. The number of benzene rings is 1. The van der Waals surface area contributed by atoms with Crippen LogP contribution in [0.15, 0.2) is 46.9 Å². The van der Waals surface area contributed by atoms with Crippen LogP contribution in [-0.4, -0.2) is 20.9 Å². The van der Waals surface area contributed by atoms with E-state index in [0.29, 0.717) is 6.42 Å². The van der Waals surface area contributed by atoms with E-state index in [1.807, 2.05) is 46.4 Å². The maximum Gasteiger partial charge on any atom is 0.193 e. The zero-order chi connectivity index (χ0) is 13.9. The van der Waals surface area contributed by atoms with Crippen molar-refractivity contribution in [2.24, 2.45) is 0 Å². The number of carbonyl (C=O) groups excluding carboxylic acids is 1. The molecule has 102 valence electrons. The Kier molecular flexibility index (Phi) is 3.89. The Labute approximate surface area is 125 Å². The fourth-order valence-electron chi connectivity index (χ4n) is 2.03. The van der Waals surface area contributed by atoms with Crippen molar-refractivity contribution in [2.45, 2.75) is 18.2 Å². The smallest absolute Gasteiger partial charge is 0.193 e. The number of hydrogen-bond donors (Lipinski definition) is 0. The van der Waals surface area contributed by atoms with Crippen molar-refractivity contribution in [3.63, 3.8) is 0 Å². The van der Waals surface area contributed by atoms with Crippen LogP contribution in [0.3, 0.4) is 0 Å². The lowest BCUT2D eigenvalue weighted by atomic mass is 10.1. The van der Waals surface area contributed by atoms with E-state index in [-0.39, 0.29) is 5.78 Å². The molecule has 0 spiro atoms. The molecule has 0 aliphatic carbocycles. The number of thioether (sulfide) groups is 1. The second kappa shape index (κ2) is 5.81. The Morgan fingerprint density at radius 1 is 1.35 bits per heavy atom. The van der Waals surface area contributed by atoms with Gasteiger partial charge in [0.05, 0.1) is 12.1 Å². The van der Waals surface area contributed by atoms with Crippen molar-refractivity contribution in [3.05, 3.63) is 53.3 Å². The van der Waals surface area contributed by atoms with E-state index in [2.05, 4.69) is 11.9 Å². The maximum atomic E-state index is 12.2. The van der Waals surface area contributed by atoms with Crippen LogP contribution in [0, 0.1) is 0 Å². The number of carbonyl (C=O) groups is 1. The molecule has 0 aliphatic heterocycles. The highest BCUT2D eigenvalue weighted by Crippen LogP contribution is 2.19. The van der Waals surface area contributed by atoms with Crippen molar-refractivity contribution in [1.82, 2.24) is 9.38 Å². The van der Waals surface area contributed by atoms with Gasteiger partial charge in [-0.3, -0.25) is 9.20 Å². The third kappa shape index (κ3) is 2.78. The van der Waals surface area contributed by atoms with Gasteiger partial charge < -0.3 is 0 Å². The average Bonchev–Trinajstić information content (AvgIpc) is 3.01. The van der Waals surface area contributed by atoms with E-state index >= 15 is 0 Å². The van der Waals surface area contributed by atoms with Gasteiger partial charge in [0.1, 0.15) is 0 Å². The molecule has 20 heavy (non-hydrogen) atoms. The van der Waals surface area contributed by atoms with Gasteiger partial charge in [-0.1, -0.05) is 19.1 Å². The second-order valence-corrected chi connectivity index (χ2v) is 6.59. The van der Waals surface area contributed by atoms with Gasteiger partial charge in [0.15, 0.2) is 10.7 Å². The van der Waals surface area contributed by atoms with Gasteiger partial charge in [0.2, 0.25) is 0 Å². The molecule has 0 bridgehead atoms. The fraction of sp³-hybridized carbons (Fsp3) is 0.200. The first-order chi connectivity index (χ1) is 9.76. The van der Waals surface area contributed by atoms with Crippen molar-refractivity contribution in [3.8, 4) is 0 Å². The maximum absolute atomic E-state index is 12.2. The minimum atomic E-state index is 0.115. The van der Waals surface area contributed by atoms with Crippen molar-refractivity contribution in [1.29, 1.82) is 0 Å². The average molecular weight is 302 g/mol. The number of aromatic nitrogens is 2. The summed E-state index contributed by atoms with van der Waals surface area (Å²) in [7, 11) is 0. The number of thiazole rings is 1. The summed E-state index contributed by atoms with van der Waals surface area (Å²) in [6.07, 6.45) is 4.23. The van der Waals surface area contributed by atoms with Gasteiger partial charge in [-0.2, -0.15) is 0 Å². The normalized spacial score (nSPS) is 11.1. The predicted molar refractivity (Wildman–Crippen MR) is 83.9 cm³/mol. The van der Waals surface area contributed by atoms with Gasteiger partial charge in [0.25, 0.3) is 0 Å². The molecule has 0 aliphatic rings. The summed E-state index contributed by atoms with van der Waals surface area (Å²) in [6.45, 7) is 2.12. The zero-order valence-electron chi connectivity index (χ0n) is 11.1. The molecule has 0 saturated heterocycles. The molecule has 5 heteroatoms. The Morgan fingerprint density at radius 2 is 2.15 bits per heavy atom. The molecule has 0 fully saturated rings. The van der Waals surface area contributed by atoms with Crippen molar-refractivity contribution in [2.75, 3.05) is 5.75 Å². The zero-order valence-corrected chi connectivity index (χ0v) is 12.7. The van der Waals surface area contributed by atoms with Gasteiger partial charge in [-0.15, -0.1) is 23.1 Å². The first kappa shape index (κ1) is 13.4. The molecule has 0 saturated carbocycles. The Morgan fingerprint density at radius 3 is 2.85 bits per heavy atom. The molecule has 0 N–H and O–H groups in total. The van der Waals surface area contributed by atoms with Crippen LogP contribution in [0.4, 0.5) is 0 Å². The third-order valence-electron chi connectivity index (χ3n) is 2.97. The molecule has 0 unspecified atom stereocenters. The molecule has 2 heterocycles. The lowest BCUT2D eigenvalue weighted by Crippen LogP contribution is -2.03. The first-order valence-electron chi connectivity index (χ1n) is 6.43. The van der Waals surface area contributed by atoms with E-state index in [1.165, 1.54) is 4.90 Å². The molecular formula is C15H14N2OS2. The van der Waals surface area contributed by atoms with Gasteiger partial charge in [0, 0.05) is 28.2 Å². The summed E-state index contributed by atoms with van der Waals surface area (Å²) in [4.78, 5) is 18.8. The lowest BCUT2D eigenvalue weighted by Gasteiger charge is -2.01. The predicted octanol–water partition coefficient (Wildman–Crippen LogP) is 3.93. The SMILES string of the molecule is CCSc1ccc(C(=O)Cc2cn3ccsc3n2)cc1. The van der Waals surface area contributed by atoms with Crippen LogP contribution >= 0.6 is 23.1 Å². The van der Waals surface area contributed by atoms with E-state index in [1.54, 1.807) is 23.1 Å². The highest BCUT2D eigenvalue weighted by Gasteiger charge is 2.10. The highest BCUT2D eigenvalue weighted by atomic mass is 32.2. The number of nitrogens with zero attached hydrogens (tertiary/aromatic N) is 2. The number of rotatable bonds is 5. The summed E-state index contributed by atoms with van der Waals surface area (Å²) in [5, 5.41) is 1.98. The number of imidazole rings is 1. The summed E-state index contributed by atoms with van der Waals surface area (Å²) >= 11 is 3.35. The van der Waals surface area contributed by atoms with Crippen LogP contribution in [0.1, 0.15) is 23.0 Å². The van der Waals surface area contributed by atoms with E-state index in [0.717, 1.165) is 22.0 Å². The van der Waals surface area contributed by atoms with Crippen LogP contribution in [0.5, 0.6) is 0 Å². The fourth-order valence-corrected chi connectivity index (χ4v) is 3.41. The molecule has 1 aromatic carbocycles. The number of ketones is 1. The van der Waals surface area contributed by atoms with Crippen molar-refractivity contribution >= 4 is 33.8 Å².